The van der Waals surface area contributed by atoms with E-state index in [0.29, 0.717) is 6.54 Å². The van der Waals surface area contributed by atoms with Gasteiger partial charge in [0.15, 0.2) is 0 Å². The number of aliphatic hydroxyl groups is 1. The lowest BCUT2D eigenvalue weighted by Crippen LogP contribution is -2.39. The summed E-state index contributed by atoms with van der Waals surface area (Å²) in [5.41, 5.74) is 9.61. The molecule has 0 heterocycles. The summed E-state index contributed by atoms with van der Waals surface area (Å²) in [5.74, 6) is 0.227. The first-order valence-electron chi connectivity index (χ1n) is 6.63. The summed E-state index contributed by atoms with van der Waals surface area (Å²) in [7, 11) is 0. The molecule has 0 aliphatic carbocycles. The fourth-order valence-corrected chi connectivity index (χ4v) is 2.15. The van der Waals surface area contributed by atoms with Crippen molar-refractivity contribution in [3.63, 3.8) is 0 Å². The highest BCUT2D eigenvalue weighted by molar-refractivity contribution is 5.31. The molecule has 0 radical (unpaired) electrons. The summed E-state index contributed by atoms with van der Waals surface area (Å²) in [6.45, 7) is 9.08. The van der Waals surface area contributed by atoms with E-state index < -0.39 is 0 Å². The Morgan fingerprint density at radius 1 is 1.17 bits per heavy atom. The van der Waals surface area contributed by atoms with Gasteiger partial charge < -0.3 is 16.2 Å². The Balaban J connectivity index is 2.82. The molecule has 0 amide bonds. The third kappa shape index (κ3) is 4.09. The first-order chi connectivity index (χ1) is 8.47. The lowest BCUT2D eigenvalue weighted by molar-refractivity contribution is 0.201. The third-order valence-corrected chi connectivity index (χ3v) is 3.49. The largest absolute Gasteiger partial charge is 0.396 e. The summed E-state index contributed by atoms with van der Waals surface area (Å²) in [4.78, 5) is 0. The van der Waals surface area contributed by atoms with Gasteiger partial charge in [-0.1, -0.05) is 36.2 Å². The summed E-state index contributed by atoms with van der Waals surface area (Å²) < 4.78 is 0. The highest BCUT2D eigenvalue weighted by Crippen LogP contribution is 2.18. The van der Waals surface area contributed by atoms with Crippen molar-refractivity contribution in [1.29, 1.82) is 0 Å². The van der Waals surface area contributed by atoms with Gasteiger partial charge in [0.2, 0.25) is 0 Å². The van der Waals surface area contributed by atoms with Gasteiger partial charge in [0.05, 0.1) is 0 Å². The van der Waals surface area contributed by atoms with E-state index in [1.807, 2.05) is 6.92 Å². The molecule has 3 atom stereocenters. The van der Waals surface area contributed by atoms with E-state index >= 15 is 0 Å². The minimum Gasteiger partial charge on any atom is -0.396 e. The molecule has 0 spiro atoms. The van der Waals surface area contributed by atoms with Crippen molar-refractivity contribution in [3.05, 3.63) is 34.9 Å². The molecule has 0 aromatic heterocycles. The smallest absolute Gasteiger partial charge is 0.0471 e. The van der Waals surface area contributed by atoms with Gasteiger partial charge >= 0.3 is 0 Å². The van der Waals surface area contributed by atoms with Gasteiger partial charge in [-0.3, -0.25) is 0 Å². The van der Waals surface area contributed by atoms with Gasteiger partial charge in [0, 0.05) is 25.2 Å². The monoisotopic (exact) mass is 250 g/mol. The van der Waals surface area contributed by atoms with Gasteiger partial charge in [-0.25, -0.2) is 0 Å². The fraction of sp³-hybridized carbons (Fsp3) is 0.600. The van der Waals surface area contributed by atoms with Crippen molar-refractivity contribution >= 4 is 0 Å². The van der Waals surface area contributed by atoms with E-state index in [1.54, 1.807) is 0 Å². The maximum atomic E-state index is 9.18. The number of aryl methyl sites for hydroxylation is 2. The van der Waals surface area contributed by atoms with Crippen LogP contribution in [0.3, 0.4) is 0 Å². The van der Waals surface area contributed by atoms with E-state index in [1.165, 1.54) is 16.7 Å². The minimum absolute atomic E-state index is 0.146. The molecule has 0 aliphatic rings. The van der Waals surface area contributed by atoms with Crippen LogP contribution in [0.4, 0.5) is 0 Å². The maximum Gasteiger partial charge on any atom is 0.0471 e. The van der Waals surface area contributed by atoms with Crippen molar-refractivity contribution in [2.45, 2.75) is 39.8 Å². The molecule has 4 N–H and O–H groups in total. The molecule has 1 aromatic carbocycles. The normalized spacial score (nSPS) is 16.3. The summed E-state index contributed by atoms with van der Waals surface area (Å²) in [6.07, 6.45) is 0. The zero-order valence-corrected chi connectivity index (χ0v) is 11.9. The Hall–Kier alpha value is -0.900. The Labute approximate surface area is 110 Å². The summed E-state index contributed by atoms with van der Waals surface area (Å²) in [6, 6.07) is 6.90. The standard InChI is InChI=1S/C15H26N2O/c1-10-5-11(2)7-14(6-10)15(8-16)17-13(4)12(3)9-18/h5-7,12-13,15,17-18H,8-9,16H2,1-4H3. The Morgan fingerprint density at radius 3 is 2.17 bits per heavy atom. The molecular weight excluding hydrogens is 224 g/mol. The maximum absolute atomic E-state index is 9.18. The Morgan fingerprint density at radius 2 is 1.72 bits per heavy atom. The van der Waals surface area contributed by atoms with Crippen LogP contribution in [0.1, 0.15) is 36.6 Å². The molecule has 1 rings (SSSR count). The first-order valence-corrected chi connectivity index (χ1v) is 6.63. The molecule has 3 heteroatoms. The average molecular weight is 250 g/mol. The SMILES string of the molecule is Cc1cc(C)cc(C(CN)NC(C)C(C)CO)c1. The van der Waals surface area contributed by atoms with Crippen LogP contribution in [0, 0.1) is 19.8 Å². The Kier molecular flexibility index (Phi) is 5.79. The number of benzene rings is 1. The van der Waals surface area contributed by atoms with Crippen molar-refractivity contribution in [3.8, 4) is 0 Å². The molecular formula is C15H26N2O. The highest BCUT2D eigenvalue weighted by Gasteiger charge is 2.17. The van der Waals surface area contributed by atoms with Crippen molar-refractivity contribution in [2.75, 3.05) is 13.2 Å². The predicted octanol–water partition coefficient (Wildman–Crippen LogP) is 1.91. The van der Waals surface area contributed by atoms with Crippen LogP contribution < -0.4 is 11.1 Å². The fourth-order valence-electron chi connectivity index (χ4n) is 2.15. The summed E-state index contributed by atoms with van der Waals surface area (Å²) in [5, 5.41) is 12.7. The second-order valence-electron chi connectivity index (χ2n) is 5.32. The van der Waals surface area contributed by atoms with Gasteiger partial charge in [-0.15, -0.1) is 0 Å². The molecule has 0 fully saturated rings. The number of hydrogen-bond donors (Lipinski definition) is 3. The average Bonchev–Trinajstić information content (AvgIpc) is 2.33. The second kappa shape index (κ2) is 6.88. The van der Waals surface area contributed by atoms with Gasteiger partial charge in [-0.05, 0) is 32.3 Å². The van der Waals surface area contributed by atoms with Gasteiger partial charge in [-0.2, -0.15) is 0 Å². The number of nitrogens with two attached hydrogens (primary N) is 1. The van der Waals surface area contributed by atoms with Crippen LogP contribution >= 0.6 is 0 Å². The Bertz CT molecular complexity index is 359. The molecule has 0 aliphatic heterocycles. The zero-order valence-electron chi connectivity index (χ0n) is 11.9. The van der Waals surface area contributed by atoms with E-state index in [0.717, 1.165) is 0 Å². The topological polar surface area (TPSA) is 58.3 Å². The first kappa shape index (κ1) is 15.2. The second-order valence-corrected chi connectivity index (χ2v) is 5.32. The van der Waals surface area contributed by atoms with Gasteiger partial charge in [0.25, 0.3) is 0 Å². The molecule has 3 unspecified atom stereocenters. The van der Waals surface area contributed by atoms with Crippen LogP contribution in [0.5, 0.6) is 0 Å². The minimum atomic E-state index is 0.146. The number of aliphatic hydroxyl groups excluding tert-OH is 1. The lowest BCUT2D eigenvalue weighted by atomic mass is 9.98. The molecule has 3 nitrogen and oxygen atoms in total. The molecule has 18 heavy (non-hydrogen) atoms. The van der Waals surface area contributed by atoms with Crippen LogP contribution in [-0.4, -0.2) is 24.3 Å². The van der Waals surface area contributed by atoms with Crippen molar-refractivity contribution < 1.29 is 5.11 Å². The lowest BCUT2D eigenvalue weighted by Gasteiger charge is -2.26. The molecule has 0 saturated carbocycles. The third-order valence-electron chi connectivity index (χ3n) is 3.49. The molecule has 0 bridgehead atoms. The molecule has 102 valence electrons. The molecule has 0 saturated heterocycles. The molecule has 1 aromatic rings. The predicted molar refractivity (Wildman–Crippen MR) is 76.6 cm³/mol. The van der Waals surface area contributed by atoms with E-state index in [4.69, 9.17) is 5.73 Å². The van der Waals surface area contributed by atoms with Crippen LogP contribution in [0.25, 0.3) is 0 Å². The van der Waals surface area contributed by atoms with E-state index in [9.17, 15) is 5.11 Å². The van der Waals surface area contributed by atoms with Gasteiger partial charge in [0.1, 0.15) is 0 Å². The zero-order chi connectivity index (χ0) is 13.7. The number of hydrogen-bond acceptors (Lipinski definition) is 3. The number of nitrogens with one attached hydrogen (secondary N) is 1. The highest BCUT2D eigenvalue weighted by atomic mass is 16.3. The van der Waals surface area contributed by atoms with Crippen LogP contribution in [-0.2, 0) is 0 Å². The number of rotatable bonds is 6. The van der Waals surface area contributed by atoms with Crippen molar-refractivity contribution in [2.24, 2.45) is 11.7 Å². The summed E-state index contributed by atoms with van der Waals surface area (Å²) >= 11 is 0. The van der Waals surface area contributed by atoms with E-state index in [-0.39, 0.29) is 24.6 Å². The van der Waals surface area contributed by atoms with E-state index in [2.05, 4.69) is 44.3 Å². The van der Waals surface area contributed by atoms with Crippen LogP contribution in [0.15, 0.2) is 18.2 Å². The quantitative estimate of drug-likeness (QED) is 0.723. The van der Waals surface area contributed by atoms with Crippen molar-refractivity contribution in [1.82, 2.24) is 5.32 Å². The van der Waals surface area contributed by atoms with Crippen LogP contribution in [0.2, 0.25) is 0 Å².